The van der Waals surface area contributed by atoms with Crippen LogP contribution in [0.2, 0.25) is 0 Å². The molecule has 19 heavy (non-hydrogen) atoms. The Hall–Kier alpha value is 0.570. The monoisotopic (exact) mass is 378 g/mol. The molecule has 1 atom stereocenters. The van der Waals surface area contributed by atoms with Gasteiger partial charge in [-0.25, -0.2) is 3.11 Å². The van der Waals surface area contributed by atoms with Crippen molar-refractivity contribution >= 4 is 22.9 Å². The number of hydrogen-bond acceptors (Lipinski definition) is 4. The molecule has 5 heteroatoms. The highest BCUT2D eigenvalue weighted by atomic mass is 127. The normalized spacial score (nSPS) is 34.1. The molecule has 0 amide bonds. The van der Waals surface area contributed by atoms with Gasteiger partial charge in [-0.05, 0) is 32.9 Å². The van der Waals surface area contributed by atoms with Crippen molar-refractivity contribution in [2.75, 3.05) is 59.4 Å². The standard InChI is InChI=1S/C14H27IN4/c1-16-5-2-14(12-16)18-10-8-17(9-11-18)13-3-6-19(15)7-4-13/h13-14H,2-12H2,1H3. The minimum absolute atomic E-state index is 0.836. The van der Waals surface area contributed by atoms with Crippen LogP contribution < -0.4 is 0 Å². The quantitative estimate of drug-likeness (QED) is 0.528. The molecular formula is C14H27IN4. The van der Waals surface area contributed by atoms with E-state index in [1.807, 2.05) is 0 Å². The van der Waals surface area contributed by atoms with Gasteiger partial charge in [-0.1, -0.05) is 0 Å². The molecule has 0 spiro atoms. The van der Waals surface area contributed by atoms with Crippen LogP contribution >= 0.6 is 22.9 Å². The third kappa shape index (κ3) is 3.61. The van der Waals surface area contributed by atoms with E-state index < -0.39 is 0 Å². The molecule has 3 saturated heterocycles. The van der Waals surface area contributed by atoms with Gasteiger partial charge in [0.05, 0.1) is 0 Å². The highest BCUT2D eigenvalue weighted by molar-refractivity contribution is 14.1. The maximum atomic E-state index is 2.76. The lowest BCUT2D eigenvalue weighted by molar-refractivity contribution is 0.0564. The molecule has 0 aliphatic carbocycles. The summed E-state index contributed by atoms with van der Waals surface area (Å²) >= 11 is 2.47. The molecule has 0 aromatic heterocycles. The number of likely N-dealkylation sites (tertiary alicyclic amines) is 1. The number of piperazine rings is 1. The molecule has 0 bridgehead atoms. The van der Waals surface area contributed by atoms with Gasteiger partial charge in [0.2, 0.25) is 0 Å². The molecule has 0 aromatic rings. The first-order valence-electron chi connectivity index (χ1n) is 7.80. The SMILES string of the molecule is CN1CCC(N2CCN(C3CCN(I)CC3)CC2)C1. The van der Waals surface area contributed by atoms with Gasteiger partial charge in [0, 0.05) is 80.8 Å². The first kappa shape index (κ1) is 14.5. The van der Waals surface area contributed by atoms with Crippen LogP contribution in [-0.4, -0.2) is 89.3 Å². The molecule has 0 saturated carbocycles. The zero-order valence-corrected chi connectivity index (χ0v) is 14.3. The minimum atomic E-state index is 0.836. The van der Waals surface area contributed by atoms with Crippen LogP contribution in [0, 0.1) is 0 Å². The van der Waals surface area contributed by atoms with Gasteiger partial charge in [0.15, 0.2) is 0 Å². The fourth-order valence-electron chi connectivity index (χ4n) is 3.88. The summed E-state index contributed by atoms with van der Waals surface area (Å²) in [5.74, 6) is 0. The Balaban J connectivity index is 1.44. The zero-order valence-electron chi connectivity index (χ0n) is 12.1. The Labute approximate surface area is 131 Å². The van der Waals surface area contributed by atoms with Gasteiger partial charge in [-0.15, -0.1) is 0 Å². The Bertz CT molecular complexity index is 285. The average Bonchev–Trinajstić information content (AvgIpc) is 2.87. The highest BCUT2D eigenvalue weighted by Gasteiger charge is 2.31. The van der Waals surface area contributed by atoms with E-state index in [0.717, 1.165) is 12.1 Å². The van der Waals surface area contributed by atoms with Crippen LogP contribution in [0.1, 0.15) is 19.3 Å². The number of halogens is 1. The smallest absolute Gasteiger partial charge is 0.0236 e. The van der Waals surface area contributed by atoms with Crippen molar-refractivity contribution in [3.63, 3.8) is 0 Å². The molecule has 110 valence electrons. The lowest BCUT2D eigenvalue weighted by Gasteiger charge is -2.43. The summed E-state index contributed by atoms with van der Waals surface area (Å²) in [4.78, 5) is 7.99. The Morgan fingerprint density at radius 1 is 0.737 bits per heavy atom. The van der Waals surface area contributed by atoms with Crippen molar-refractivity contribution in [3.8, 4) is 0 Å². The van der Waals surface area contributed by atoms with E-state index in [0.29, 0.717) is 0 Å². The average molecular weight is 378 g/mol. The summed E-state index contributed by atoms with van der Waals surface area (Å²) in [7, 11) is 2.26. The number of nitrogens with zero attached hydrogens (tertiary/aromatic N) is 4. The van der Waals surface area contributed by atoms with Crippen LogP contribution in [0.3, 0.4) is 0 Å². The van der Waals surface area contributed by atoms with Gasteiger partial charge >= 0.3 is 0 Å². The van der Waals surface area contributed by atoms with Crippen molar-refractivity contribution < 1.29 is 0 Å². The molecule has 4 nitrogen and oxygen atoms in total. The summed E-state index contributed by atoms with van der Waals surface area (Å²) in [6.45, 7) is 10.3. The van der Waals surface area contributed by atoms with Crippen molar-refractivity contribution in [3.05, 3.63) is 0 Å². The first-order valence-corrected chi connectivity index (χ1v) is 8.76. The first-order chi connectivity index (χ1) is 9.22. The predicted molar refractivity (Wildman–Crippen MR) is 87.7 cm³/mol. The van der Waals surface area contributed by atoms with E-state index in [1.165, 1.54) is 71.6 Å². The van der Waals surface area contributed by atoms with Crippen molar-refractivity contribution in [2.24, 2.45) is 0 Å². The minimum Gasteiger partial charge on any atom is -0.305 e. The maximum absolute atomic E-state index is 2.76. The molecule has 0 aromatic carbocycles. The summed E-state index contributed by atoms with van der Waals surface area (Å²) in [6, 6.07) is 1.70. The Kier molecular flexibility index (Phi) is 5.01. The highest BCUT2D eigenvalue weighted by Crippen LogP contribution is 2.22. The van der Waals surface area contributed by atoms with Gasteiger partial charge in [0.1, 0.15) is 0 Å². The third-order valence-corrected chi connectivity index (χ3v) is 6.12. The van der Waals surface area contributed by atoms with E-state index in [4.69, 9.17) is 0 Å². The number of likely N-dealkylation sites (N-methyl/N-ethyl adjacent to an activating group) is 1. The second-order valence-corrected chi connectivity index (χ2v) is 7.78. The largest absolute Gasteiger partial charge is 0.305 e. The van der Waals surface area contributed by atoms with Crippen molar-refractivity contribution in [2.45, 2.75) is 31.3 Å². The summed E-state index contributed by atoms with van der Waals surface area (Å²) in [5, 5.41) is 0. The molecule has 3 fully saturated rings. The molecule has 3 aliphatic heterocycles. The van der Waals surface area contributed by atoms with Crippen LogP contribution in [-0.2, 0) is 0 Å². The van der Waals surface area contributed by atoms with Crippen molar-refractivity contribution in [1.29, 1.82) is 0 Å². The molecule has 3 aliphatic rings. The summed E-state index contributed by atoms with van der Waals surface area (Å²) < 4.78 is 2.44. The lowest BCUT2D eigenvalue weighted by atomic mass is 10.0. The van der Waals surface area contributed by atoms with E-state index in [1.54, 1.807) is 0 Å². The van der Waals surface area contributed by atoms with E-state index in [9.17, 15) is 0 Å². The number of piperidine rings is 1. The van der Waals surface area contributed by atoms with Gasteiger partial charge in [-0.3, -0.25) is 9.80 Å². The van der Waals surface area contributed by atoms with E-state index in [-0.39, 0.29) is 0 Å². The second-order valence-electron chi connectivity index (χ2n) is 6.42. The summed E-state index contributed by atoms with van der Waals surface area (Å²) in [6.07, 6.45) is 4.12. The lowest BCUT2D eigenvalue weighted by Crippen LogP contribution is -2.55. The topological polar surface area (TPSA) is 13.0 Å². The molecule has 3 rings (SSSR count). The van der Waals surface area contributed by atoms with Gasteiger partial charge < -0.3 is 4.90 Å². The Morgan fingerprint density at radius 3 is 1.79 bits per heavy atom. The zero-order chi connectivity index (χ0) is 13.2. The number of hydrogen-bond donors (Lipinski definition) is 0. The molecule has 0 N–H and O–H groups in total. The fourth-order valence-corrected chi connectivity index (χ4v) is 4.43. The van der Waals surface area contributed by atoms with Crippen LogP contribution in [0.15, 0.2) is 0 Å². The molecule has 1 unspecified atom stereocenters. The summed E-state index contributed by atoms with van der Waals surface area (Å²) in [5.41, 5.74) is 0. The van der Waals surface area contributed by atoms with E-state index >= 15 is 0 Å². The second kappa shape index (κ2) is 6.56. The van der Waals surface area contributed by atoms with Gasteiger partial charge in [-0.2, -0.15) is 0 Å². The van der Waals surface area contributed by atoms with Crippen LogP contribution in [0.5, 0.6) is 0 Å². The maximum Gasteiger partial charge on any atom is 0.0236 e. The number of rotatable bonds is 2. The molecule has 0 radical (unpaired) electrons. The predicted octanol–water partition coefficient (Wildman–Crippen LogP) is 1.12. The molecule has 3 heterocycles. The fraction of sp³-hybridized carbons (Fsp3) is 1.00. The van der Waals surface area contributed by atoms with Crippen molar-refractivity contribution in [1.82, 2.24) is 17.8 Å². The Morgan fingerprint density at radius 2 is 1.26 bits per heavy atom. The van der Waals surface area contributed by atoms with E-state index in [2.05, 4.69) is 47.7 Å². The van der Waals surface area contributed by atoms with Crippen LogP contribution in [0.25, 0.3) is 0 Å². The van der Waals surface area contributed by atoms with Gasteiger partial charge in [0.25, 0.3) is 0 Å². The van der Waals surface area contributed by atoms with Crippen LogP contribution in [0.4, 0.5) is 0 Å². The molecular weight excluding hydrogens is 351 g/mol. The third-order valence-electron chi connectivity index (χ3n) is 5.16.